The van der Waals surface area contributed by atoms with E-state index in [0.717, 1.165) is 57.7 Å². The van der Waals surface area contributed by atoms with Crippen LogP contribution in [0.2, 0.25) is 0 Å². The number of terminal acetylenes is 2. The van der Waals surface area contributed by atoms with E-state index >= 15 is 0 Å². The van der Waals surface area contributed by atoms with Gasteiger partial charge in [-0.1, -0.05) is 127 Å². The van der Waals surface area contributed by atoms with Gasteiger partial charge in [-0.2, -0.15) is 0 Å². The zero-order chi connectivity index (χ0) is 37.1. The molecule has 3 amide bonds. The number of likely N-dealkylation sites (N-methyl/N-ethyl adjacent to an activating group) is 2. The number of nitrogens with two attached hydrogens (primary N) is 1. The van der Waals surface area contributed by atoms with Crippen LogP contribution in [0.5, 0.6) is 0 Å². The van der Waals surface area contributed by atoms with Crippen molar-refractivity contribution in [3.05, 3.63) is 47.5 Å². The van der Waals surface area contributed by atoms with Gasteiger partial charge in [0, 0.05) is 51.5 Å². The molecule has 2 aliphatic carbocycles. The summed E-state index contributed by atoms with van der Waals surface area (Å²) < 4.78 is 0. The van der Waals surface area contributed by atoms with Crippen LogP contribution < -0.4 is 11.1 Å². The molecule has 0 saturated heterocycles. The molecule has 0 aromatic heterocycles. The van der Waals surface area contributed by atoms with Crippen molar-refractivity contribution in [2.24, 2.45) is 11.7 Å². The summed E-state index contributed by atoms with van der Waals surface area (Å²) in [5, 5.41) is 2.82. The van der Waals surface area contributed by atoms with Crippen LogP contribution in [-0.4, -0.2) is 67.3 Å². The fourth-order valence-electron chi connectivity index (χ4n) is 4.46. The molecule has 2 fully saturated rings. The molecule has 0 spiro atoms. The van der Waals surface area contributed by atoms with Gasteiger partial charge in [0.05, 0.1) is 0 Å². The standard InChI is InChI=1S/C14H19NO.C11H23N3O2.C7H14.C7H8.C3H6/c1-4-6-7-8-9-10-12-15-14(16)13(3)11-5-2;1-4-14(5-2)9-8-13(3)11(16)7-6-10(12)15;2*1-7-5-3-2-4-6-7;1-2-3-1/h1-2,11H,6-10,12H2,3H3,(H,15,16);4-9H2,1-3H3,(H2,12,15);7H,2-6H2,1H3;2-6H,1H3;1-3H2/b13-11-;;;;. The van der Waals surface area contributed by atoms with Gasteiger partial charge < -0.3 is 20.9 Å². The third-order valence-electron chi connectivity index (χ3n) is 8.04. The molecule has 1 aromatic rings. The highest BCUT2D eigenvalue weighted by molar-refractivity contribution is 5.93. The smallest absolute Gasteiger partial charge is 0.247 e. The second-order valence-electron chi connectivity index (χ2n) is 12.9. The molecule has 0 aliphatic heterocycles. The number of carbonyl (C=O) groups excluding carboxylic acids is 3. The van der Waals surface area contributed by atoms with E-state index in [9.17, 15) is 14.4 Å². The van der Waals surface area contributed by atoms with Crippen LogP contribution in [-0.2, 0) is 14.4 Å². The Morgan fingerprint density at radius 3 is 1.90 bits per heavy atom. The van der Waals surface area contributed by atoms with E-state index in [2.05, 4.69) is 61.9 Å². The highest BCUT2D eigenvalue weighted by Crippen LogP contribution is 2.22. The molecule has 7 heteroatoms. The zero-order valence-electron chi connectivity index (χ0n) is 32.0. The van der Waals surface area contributed by atoms with Gasteiger partial charge >= 0.3 is 0 Å². The van der Waals surface area contributed by atoms with E-state index in [1.165, 1.54) is 63.0 Å². The van der Waals surface area contributed by atoms with Crippen molar-refractivity contribution in [2.45, 2.75) is 131 Å². The number of nitrogens with one attached hydrogen (secondary N) is 1. The van der Waals surface area contributed by atoms with Crippen LogP contribution in [0.3, 0.4) is 0 Å². The Morgan fingerprint density at radius 2 is 1.47 bits per heavy atom. The average molecular weight is 679 g/mol. The molecular weight excluding hydrogens is 608 g/mol. The third kappa shape index (κ3) is 35.6. The molecule has 2 saturated carbocycles. The molecule has 49 heavy (non-hydrogen) atoms. The van der Waals surface area contributed by atoms with Crippen molar-refractivity contribution in [1.29, 1.82) is 0 Å². The number of amides is 3. The first-order chi connectivity index (χ1) is 23.5. The minimum Gasteiger partial charge on any atom is -0.370 e. The normalized spacial score (nSPS) is 13.1. The Hall–Kier alpha value is -3.55. The van der Waals surface area contributed by atoms with E-state index in [0.29, 0.717) is 18.7 Å². The quantitative estimate of drug-likeness (QED) is 0.111. The molecule has 0 bridgehead atoms. The number of unbranched alkanes of at least 4 members (excludes halogenated alkanes) is 4. The molecule has 7 nitrogen and oxygen atoms in total. The maximum absolute atomic E-state index is 11.5. The Bertz CT molecular complexity index is 1070. The SMILES string of the molecule is C#C/C=C(/C)C(=O)NCCCCCCC#C.C1CC1.CC1CCCCC1.CCN(CC)CCN(C)C(=O)CCC(N)=O.Cc1ccccc1. The molecular formula is C42H70N4O3. The Balaban J connectivity index is 0. The molecule has 0 unspecified atom stereocenters. The number of nitrogens with zero attached hydrogens (tertiary/aromatic N) is 2. The Morgan fingerprint density at radius 1 is 0.898 bits per heavy atom. The van der Waals surface area contributed by atoms with Crippen LogP contribution >= 0.6 is 0 Å². The summed E-state index contributed by atoms with van der Waals surface area (Å²) in [5.41, 5.74) is 6.89. The van der Waals surface area contributed by atoms with E-state index < -0.39 is 5.91 Å². The number of carbonyl (C=O) groups is 3. The topological polar surface area (TPSA) is 95.7 Å². The largest absolute Gasteiger partial charge is 0.370 e. The fourth-order valence-corrected chi connectivity index (χ4v) is 4.46. The van der Waals surface area contributed by atoms with Gasteiger partial charge in [0.25, 0.3) is 0 Å². The summed E-state index contributed by atoms with van der Waals surface area (Å²) in [6.07, 6.45) is 29.1. The molecule has 1 aromatic carbocycles. The summed E-state index contributed by atoms with van der Waals surface area (Å²) in [6, 6.07) is 10.3. The lowest BCUT2D eigenvalue weighted by molar-refractivity contribution is -0.132. The van der Waals surface area contributed by atoms with E-state index in [1.54, 1.807) is 18.9 Å². The van der Waals surface area contributed by atoms with Crippen LogP contribution in [0.1, 0.15) is 130 Å². The third-order valence-corrected chi connectivity index (χ3v) is 8.04. The van der Waals surface area contributed by atoms with Gasteiger partial charge in [0.15, 0.2) is 0 Å². The number of hydrogen-bond acceptors (Lipinski definition) is 4. The second-order valence-corrected chi connectivity index (χ2v) is 12.9. The van der Waals surface area contributed by atoms with Crippen LogP contribution in [0.15, 0.2) is 42.0 Å². The Labute approximate surface area is 301 Å². The fraction of sp³-hybridized carbons (Fsp3) is 0.643. The van der Waals surface area contributed by atoms with Crippen molar-refractivity contribution in [3.8, 4) is 24.7 Å². The van der Waals surface area contributed by atoms with Gasteiger partial charge in [-0.25, -0.2) is 0 Å². The van der Waals surface area contributed by atoms with Gasteiger partial charge in [0.2, 0.25) is 17.7 Å². The maximum Gasteiger partial charge on any atom is 0.247 e. The zero-order valence-corrected chi connectivity index (χ0v) is 32.0. The van der Waals surface area contributed by atoms with Crippen molar-refractivity contribution in [3.63, 3.8) is 0 Å². The monoisotopic (exact) mass is 679 g/mol. The lowest BCUT2D eigenvalue weighted by atomic mass is 9.91. The summed E-state index contributed by atoms with van der Waals surface area (Å²) in [7, 11) is 1.76. The van der Waals surface area contributed by atoms with Gasteiger partial charge in [-0.15, -0.1) is 18.8 Å². The van der Waals surface area contributed by atoms with Crippen molar-refractivity contribution < 1.29 is 14.4 Å². The van der Waals surface area contributed by atoms with Crippen molar-refractivity contribution >= 4 is 17.7 Å². The minimum atomic E-state index is -0.425. The highest BCUT2D eigenvalue weighted by atomic mass is 16.2. The number of rotatable bonds is 15. The minimum absolute atomic E-state index is 0.0223. The van der Waals surface area contributed by atoms with Crippen molar-refractivity contribution in [2.75, 3.05) is 39.8 Å². The number of hydrogen-bond donors (Lipinski definition) is 2. The molecule has 0 heterocycles. The average Bonchev–Trinajstić information content (AvgIpc) is 3.99. The summed E-state index contributed by atoms with van der Waals surface area (Å²) >= 11 is 0. The molecule has 0 radical (unpaired) electrons. The highest BCUT2D eigenvalue weighted by Gasteiger charge is 2.11. The maximum atomic E-state index is 11.5. The van der Waals surface area contributed by atoms with Crippen LogP contribution in [0.4, 0.5) is 0 Å². The second kappa shape index (κ2) is 34.3. The first-order valence-corrected chi connectivity index (χ1v) is 18.6. The number of allylic oxidation sites excluding steroid dienone is 1. The molecule has 2 aliphatic rings. The Kier molecular flexibility index (Phi) is 33.3. The van der Waals surface area contributed by atoms with Crippen LogP contribution in [0, 0.1) is 37.5 Å². The predicted molar refractivity (Wildman–Crippen MR) is 209 cm³/mol. The van der Waals surface area contributed by atoms with Gasteiger partial charge in [-0.05, 0) is 51.8 Å². The van der Waals surface area contributed by atoms with Crippen molar-refractivity contribution in [1.82, 2.24) is 15.1 Å². The predicted octanol–water partition coefficient (Wildman–Crippen LogP) is 8.07. The lowest BCUT2D eigenvalue weighted by Crippen LogP contribution is -2.36. The first-order valence-electron chi connectivity index (χ1n) is 18.6. The van der Waals surface area contributed by atoms with Gasteiger partial charge in [-0.3, -0.25) is 14.4 Å². The van der Waals surface area contributed by atoms with E-state index in [-0.39, 0.29) is 24.7 Å². The number of benzene rings is 1. The molecule has 3 rings (SSSR count). The molecule has 3 N–H and O–H groups in total. The summed E-state index contributed by atoms with van der Waals surface area (Å²) in [5.74, 6) is 5.45. The van der Waals surface area contributed by atoms with Crippen LogP contribution in [0.25, 0.3) is 0 Å². The number of aryl methyl sites for hydroxylation is 1. The lowest BCUT2D eigenvalue weighted by Gasteiger charge is -2.23. The molecule has 276 valence electrons. The van der Waals surface area contributed by atoms with E-state index in [4.69, 9.17) is 18.6 Å². The summed E-state index contributed by atoms with van der Waals surface area (Å²) in [6.45, 7) is 14.6. The first kappa shape index (κ1) is 47.6. The van der Waals surface area contributed by atoms with Gasteiger partial charge in [0.1, 0.15) is 0 Å². The molecule has 0 atom stereocenters. The summed E-state index contributed by atoms with van der Waals surface area (Å²) in [4.78, 5) is 37.3. The van der Waals surface area contributed by atoms with E-state index in [1.807, 2.05) is 18.2 Å². The number of primary amides is 1.